The molecule has 15 atom stereocenters. The normalized spacial score (nSPS) is 35.8. The van der Waals surface area contributed by atoms with Gasteiger partial charge in [0.25, 0.3) is 11.7 Å². The number of piperidine rings is 1. The molecule has 1 aromatic heterocycles. The molecule has 3 fully saturated rings. The fraction of sp³-hybridized carbons (Fsp3) is 0.732. The highest BCUT2D eigenvalue weighted by molar-refractivity contribution is 6.39. The van der Waals surface area contributed by atoms with E-state index < -0.39 is 77.8 Å². The van der Waals surface area contributed by atoms with Gasteiger partial charge in [0.15, 0.2) is 5.78 Å². The molecule has 1 saturated carbocycles. The first-order chi connectivity index (χ1) is 35.2. The van der Waals surface area contributed by atoms with E-state index in [1.54, 1.807) is 51.9 Å². The highest BCUT2D eigenvalue weighted by Gasteiger charge is 2.53. The predicted molar refractivity (Wildman–Crippen MR) is 275 cm³/mol. The van der Waals surface area contributed by atoms with Crippen LogP contribution < -0.4 is 0 Å². The summed E-state index contributed by atoms with van der Waals surface area (Å²) >= 11 is 0. The van der Waals surface area contributed by atoms with Crippen LogP contribution in [0.15, 0.2) is 53.8 Å². The molecule has 2 bridgehead atoms. The largest absolute Gasteiger partial charge is 0.460 e. The molecule has 414 valence electrons. The maximum Gasteiger partial charge on any atom is 0.329 e. The fourth-order valence-corrected chi connectivity index (χ4v) is 11.1. The SMILES string of the molecule is CO[C@H]1C[C@@H]2CC[C@@H](C)[C@@](O)(O2)C(=O)C(=O)N2CCCC[C@H]2C(=O)O[C@H]([C@H](C)C[C@@H]2CC[C@@H](OCc3cn(CCO)nn3)[C@H](OC)C2)CC(=O)[C@H](C)/C=C(\C)[C@@H](O)[C@@H](OC)C(=O)[C@H](C)C[C@H](C)/C=C/C=CC=C1C. The quantitative estimate of drug-likeness (QED) is 0.131. The molecule has 5 rings (SSSR count). The van der Waals surface area contributed by atoms with Gasteiger partial charge in [-0.3, -0.25) is 19.2 Å². The highest BCUT2D eigenvalue weighted by Crippen LogP contribution is 2.38. The molecule has 0 unspecified atom stereocenters. The molecule has 18 nitrogen and oxygen atoms in total. The fourth-order valence-electron chi connectivity index (χ4n) is 11.1. The molecule has 4 aliphatic rings. The van der Waals surface area contributed by atoms with Crippen molar-refractivity contribution < 1.29 is 67.7 Å². The number of hydrogen-bond donors (Lipinski definition) is 3. The maximum atomic E-state index is 14.6. The first-order valence-electron chi connectivity index (χ1n) is 26.8. The lowest BCUT2D eigenvalue weighted by molar-refractivity contribution is -0.265. The molecular formula is C56H86N4O14. The molecule has 4 heterocycles. The van der Waals surface area contributed by atoms with Crippen LogP contribution in [0.25, 0.3) is 0 Å². The number of aromatic nitrogens is 3. The van der Waals surface area contributed by atoms with Crippen LogP contribution in [0.5, 0.6) is 0 Å². The number of hydrogen-bond acceptors (Lipinski definition) is 16. The summed E-state index contributed by atoms with van der Waals surface area (Å²) in [4.78, 5) is 72.6. The van der Waals surface area contributed by atoms with Gasteiger partial charge in [0.1, 0.15) is 35.8 Å². The number of methoxy groups -OCH3 is 3. The van der Waals surface area contributed by atoms with E-state index in [1.165, 1.54) is 12.0 Å². The van der Waals surface area contributed by atoms with E-state index in [1.807, 2.05) is 58.1 Å². The number of allylic oxidation sites excluding steroid dienone is 6. The molecule has 1 amide bonds. The van der Waals surface area contributed by atoms with Gasteiger partial charge >= 0.3 is 5.97 Å². The van der Waals surface area contributed by atoms with Gasteiger partial charge in [0.2, 0.25) is 5.79 Å². The number of ether oxygens (including phenoxy) is 6. The van der Waals surface area contributed by atoms with Gasteiger partial charge in [-0.05, 0) is 107 Å². The molecule has 0 aromatic carbocycles. The lowest BCUT2D eigenvalue weighted by Crippen LogP contribution is -2.61. The Balaban J connectivity index is 1.43. The lowest BCUT2D eigenvalue weighted by atomic mass is 9.78. The Morgan fingerprint density at radius 1 is 0.878 bits per heavy atom. The minimum absolute atomic E-state index is 0.00837. The zero-order chi connectivity index (χ0) is 54.3. The van der Waals surface area contributed by atoms with Gasteiger partial charge in [-0.1, -0.05) is 76.3 Å². The molecule has 74 heavy (non-hydrogen) atoms. The van der Waals surface area contributed by atoms with Gasteiger partial charge in [0, 0.05) is 58.5 Å². The molecular weight excluding hydrogens is 953 g/mol. The van der Waals surface area contributed by atoms with Crippen molar-refractivity contribution in [1.29, 1.82) is 0 Å². The molecule has 3 aliphatic heterocycles. The number of esters is 1. The van der Waals surface area contributed by atoms with E-state index in [4.69, 9.17) is 28.4 Å². The number of ketones is 3. The molecule has 1 aromatic rings. The average molecular weight is 1040 g/mol. The first-order valence-corrected chi connectivity index (χ1v) is 26.8. The number of Topliss-reactive ketones (excluding diaryl/α,β-unsaturated/α-hetero) is 3. The topological polar surface area (TPSA) is 235 Å². The van der Waals surface area contributed by atoms with Gasteiger partial charge in [-0.2, -0.15) is 0 Å². The van der Waals surface area contributed by atoms with Gasteiger partial charge < -0.3 is 48.6 Å². The average Bonchev–Trinajstić information content (AvgIpc) is 3.84. The number of rotatable bonds is 11. The number of cyclic esters (lactones) is 1. The van der Waals surface area contributed by atoms with Crippen LogP contribution >= 0.6 is 0 Å². The van der Waals surface area contributed by atoms with Gasteiger partial charge in [-0.25, -0.2) is 9.48 Å². The van der Waals surface area contributed by atoms with Crippen LogP contribution in [0, 0.1) is 35.5 Å². The summed E-state index contributed by atoms with van der Waals surface area (Å²) in [7, 11) is 4.60. The second-order valence-corrected chi connectivity index (χ2v) is 21.6. The van der Waals surface area contributed by atoms with Crippen molar-refractivity contribution in [1.82, 2.24) is 19.9 Å². The minimum atomic E-state index is -2.45. The van der Waals surface area contributed by atoms with E-state index in [9.17, 15) is 39.3 Å². The Kier molecular flexibility index (Phi) is 23.5. The van der Waals surface area contributed by atoms with Crippen molar-refractivity contribution in [3.63, 3.8) is 0 Å². The van der Waals surface area contributed by atoms with Crippen molar-refractivity contribution in [3.8, 4) is 0 Å². The van der Waals surface area contributed by atoms with Crippen molar-refractivity contribution >= 4 is 29.2 Å². The van der Waals surface area contributed by atoms with Crippen LogP contribution in [0.3, 0.4) is 0 Å². The molecule has 1 aliphatic carbocycles. The second-order valence-electron chi connectivity index (χ2n) is 21.6. The number of nitrogens with zero attached hydrogens (tertiary/aromatic N) is 4. The number of fused-ring (bicyclic) bond motifs is 3. The third-order valence-corrected chi connectivity index (χ3v) is 15.8. The summed E-state index contributed by atoms with van der Waals surface area (Å²) in [5.41, 5.74) is 1.89. The van der Waals surface area contributed by atoms with Crippen LogP contribution in [-0.4, -0.2) is 153 Å². The van der Waals surface area contributed by atoms with E-state index in [2.05, 4.69) is 10.3 Å². The molecule has 18 heteroatoms. The number of aliphatic hydroxyl groups excluding tert-OH is 2. The third kappa shape index (κ3) is 16.1. The maximum absolute atomic E-state index is 14.6. The van der Waals surface area contributed by atoms with Crippen LogP contribution in [-0.2, 0) is 65.5 Å². The predicted octanol–water partition coefficient (Wildman–Crippen LogP) is 5.99. The Morgan fingerprint density at radius 2 is 1.64 bits per heavy atom. The first kappa shape index (κ1) is 60.6. The standard InChI is InChI=1S/C56H86N4O14/c1-34-16-12-11-13-17-35(2)47(69-8)30-43-21-19-40(7)56(68,74-43)53(65)54(66)60-23-15-14-18-44(60)55(67)73-48(31-45(62)36(3)27-39(6)51(64)52(71-10)50(63)38(5)26-34)37(4)28-41-20-22-46(49(29-41)70-9)72-33-42-32-59(24-25-61)58-57-42/h11-13,16-17,27,32,34,36-38,40-41,43-44,46-49,51-52,61,64,68H,14-15,18-26,28-31,33H2,1-10H3/b13-11?,16-12+,35-17?,39-27+/t34-,36-,37-,38-,40-,41+,43+,44+,46-,47+,48+,49-,51-,52+,56-/m1/s1. The van der Waals surface area contributed by atoms with Crippen LogP contribution in [0.2, 0.25) is 0 Å². The summed E-state index contributed by atoms with van der Waals surface area (Å²) in [5.74, 6) is -8.10. The van der Waals surface area contributed by atoms with Crippen LogP contribution in [0.1, 0.15) is 131 Å². The summed E-state index contributed by atoms with van der Waals surface area (Å²) < 4.78 is 37.8. The van der Waals surface area contributed by atoms with E-state index >= 15 is 0 Å². The zero-order valence-corrected chi connectivity index (χ0v) is 45.6. The van der Waals surface area contributed by atoms with Crippen molar-refractivity contribution in [3.05, 3.63) is 59.5 Å². The Bertz CT molecular complexity index is 2160. The van der Waals surface area contributed by atoms with Crippen molar-refractivity contribution in [2.75, 3.05) is 34.5 Å². The molecule has 0 radical (unpaired) electrons. The number of carbonyl (C=O) groups excluding carboxylic acids is 5. The van der Waals surface area contributed by atoms with E-state index in [-0.39, 0.29) is 74.1 Å². The van der Waals surface area contributed by atoms with E-state index in [0.717, 1.165) is 12.0 Å². The minimum Gasteiger partial charge on any atom is -0.460 e. The summed E-state index contributed by atoms with van der Waals surface area (Å²) in [6.07, 6.45) is 13.4. The Morgan fingerprint density at radius 3 is 2.34 bits per heavy atom. The van der Waals surface area contributed by atoms with Crippen molar-refractivity contribution in [2.24, 2.45) is 35.5 Å². The second kappa shape index (κ2) is 28.7. The summed E-state index contributed by atoms with van der Waals surface area (Å²) in [5, 5.41) is 41.0. The zero-order valence-electron chi connectivity index (χ0n) is 45.6. The van der Waals surface area contributed by atoms with Crippen molar-refractivity contribution in [2.45, 2.75) is 193 Å². The molecule has 3 N–H and O–H groups in total. The Hall–Kier alpha value is -4.27. The van der Waals surface area contributed by atoms with Crippen LogP contribution in [0.4, 0.5) is 0 Å². The lowest BCUT2D eigenvalue weighted by Gasteiger charge is -2.42. The highest BCUT2D eigenvalue weighted by atomic mass is 16.6. The van der Waals surface area contributed by atoms with E-state index in [0.29, 0.717) is 75.6 Å². The summed E-state index contributed by atoms with van der Waals surface area (Å²) in [6, 6.07) is -1.16. The third-order valence-electron chi connectivity index (χ3n) is 15.8. The number of carbonyl (C=O) groups is 5. The molecule has 0 spiro atoms. The summed E-state index contributed by atoms with van der Waals surface area (Å²) in [6.45, 7) is 13.3. The smallest absolute Gasteiger partial charge is 0.329 e. The monoisotopic (exact) mass is 1040 g/mol. The Labute approximate surface area is 438 Å². The van der Waals surface area contributed by atoms with Gasteiger partial charge in [-0.15, -0.1) is 5.10 Å². The molecule has 2 saturated heterocycles. The number of amides is 1. The number of aliphatic hydroxyl groups is 3. The van der Waals surface area contributed by atoms with Gasteiger partial charge in [0.05, 0.1) is 50.4 Å².